The van der Waals surface area contributed by atoms with Gasteiger partial charge in [-0.3, -0.25) is 0 Å². The average Bonchev–Trinajstić information content (AvgIpc) is 2.48. The number of rotatable bonds is 8. The van der Waals surface area contributed by atoms with Crippen molar-refractivity contribution in [2.24, 2.45) is 0 Å². The summed E-state index contributed by atoms with van der Waals surface area (Å²) < 4.78 is 11.9. The smallest absolute Gasteiger partial charge is 0.127 e. The average molecular weight is 365 g/mol. The number of benzene rings is 2. The molecule has 0 heterocycles. The van der Waals surface area contributed by atoms with Gasteiger partial charge < -0.3 is 9.47 Å². The molecule has 0 N–H and O–H groups in total. The molecule has 0 spiro atoms. The Morgan fingerprint density at radius 3 is 2.45 bits per heavy atom. The van der Waals surface area contributed by atoms with Gasteiger partial charge in [0.25, 0.3) is 0 Å². The van der Waals surface area contributed by atoms with Crippen LogP contribution in [0.15, 0.2) is 30.3 Å². The normalized spacial score (nSPS) is 11.1. The van der Waals surface area contributed by atoms with Crippen LogP contribution in [0, 0.1) is 6.92 Å². The molecule has 22 heavy (non-hydrogen) atoms. The minimum atomic E-state index is 0.167. The number of aryl methyl sites for hydroxylation is 1. The van der Waals surface area contributed by atoms with Crippen molar-refractivity contribution < 1.29 is 9.47 Å². The third kappa shape index (κ3) is 4.64. The molecule has 3 heteroatoms. The molecule has 0 radical (unpaired) electrons. The lowest BCUT2D eigenvalue weighted by Gasteiger charge is -2.16. The molecule has 0 atom stereocenters. The van der Waals surface area contributed by atoms with Crippen molar-refractivity contribution in [1.82, 2.24) is 0 Å². The third-order valence-corrected chi connectivity index (χ3v) is 4.05. The van der Waals surface area contributed by atoms with Crippen LogP contribution < -0.4 is 9.47 Å². The van der Waals surface area contributed by atoms with Crippen LogP contribution in [0.4, 0.5) is 0 Å². The molecule has 0 saturated carbocycles. The monoisotopic (exact) mass is 364 g/mol. The highest BCUT2D eigenvalue weighted by atomic mass is 79.9. The second-order valence-corrected chi connectivity index (χ2v) is 6.67. The van der Waals surface area contributed by atoms with Gasteiger partial charge in [0.2, 0.25) is 0 Å². The van der Waals surface area contributed by atoms with Crippen molar-refractivity contribution in [3.8, 4) is 11.5 Å². The summed E-state index contributed by atoms with van der Waals surface area (Å²) in [4.78, 5) is 0. The molecule has 2 aromatic rings. The Bertz CT molecular complexity index is 608. The molecule has 0 unspecified atom stereocenters. The van der Waals surface area contributed by atoms with E-state index in [2.05, 4.69) is 41.1 Å². The Balaban J connectivity index is 2.21. The summed E-state index contributed by atoms with van der Waals surface area (Å²) in [5.41, 5.74) is 1.23. The van der Waals surface area contributed by atoms with Gasteiger partial charge >= 0.3 is 0 Å². The maximum Gasteiger partial charge on any atom is 0.127 e. The molecule has 0 bridgehead atoms. The first-order valence-electron chi connectivity index (χ1n) is 8.00. The van der Waals surface area contributed by atoms with Crippen LogP contribution in [0.25, 0.3) is 10.8 Å². The topological polar surface area (TPSA) is 18.5 Å². The molecule has 0 aliphatic rings. The van der Waals surface area contributed by atoms with Crippen molar-refractivity contribution in [3.63, 3.8) is 0 Å². The van der Waals surface area contributed by atoms with Gasteiger partial charge in [-0.25, -0.2) is 0 Å². The van der Waals surface area contributed by atoms with Crippen LogP contribution >= 0.6 is 15.9 Å². The summed E-state index contributed by atoms with van der Waals surface area (Å²) in [5, 5.41) is 3.33. The van der Waals surface area contributed by atoms with E-state index in [0.29, 0.717) is 0 Å². The first-order chi connectivity index (χ1) is 10.6. The number of hydrogen-bond acceptors (Lipinski definition) is 2. The van der Waals surface area contributed by atoms with Gasteiger partial charge in [0.05, 0.1) is 12.7 Å². The lowest BCUT2D eigenvalue weighted by atomic mass is 10.1. The molecule has 2 aromatic carbocycles. The van der Waals surface area contributed by atoms with E-state index in [4.69, 9.17) is 9.47 Å². The molecule has 0 aliphatic carbocycles. The Hall–Kier alpha value is -1.22. The van der Waals surface area contributed by atoms with Crippen molar-refractivity contribution in [1.29, 1.82) is 0 Å². The molecule has 0 saturated heterocycles. The SMILES string of the molecule is Cc1ccc2c(OC(C)C)ccc(OCCCCCBr)c2c1. The van der Waals surface area contributed by atoms with Gasteiger partial charge in [0.15, 0.2) is 0 Å². The molecule has 0 aliphatic heterocycles. The number of fused-ring (bicyclic) bond motifs is 1. The summed E-state index contributed by atoms with van der Waals surface area (Å²) in [6.45, 7) is 6.97. The Kier molecular flexibility index (Phi) is 6.56. The number of alkyl halides is 1. The highest BCUT2D eigenvalue weighted by Crippen LogP contribution is 2.34. The van der Waals surface area contributed by atoms with Gasteiger partial charge in [-0.05, 0) is 58.2 Å². The summed E-state index contributed by atoms with van der Waals surface area (Å²) in [7, 11) is 0. The van der Waals surface area contributed by atoms with Crippen LogP contribution in [0.5, 0.6) is 11.5 Å². The zero-order chi connectivity index (χ0) is 15.9. The number of hydrogen-bond donors (Lipinski definition) is 0. The molecular weight excluding hydrogens is 340 g/mol. The van der Waals surface area contributed by atoms with E-state index in [-0.39, 0.29) is 6.10 Å². The number of unbranched alkanes of at least 4 members (excludes halogenated alkanes) is 2. The van der Waals surface area contributed by atoms with E-state index in [1.54, 1.807) is 0 Å². The molecule has 2 nitrogen and oxygen atoms in total. The fraction of sp³-hybridized carbons (Fsp3) is 0.474. The lowest BCUT2D eigenvalue weighted by molar-refractivity contribution is 0.245. The summed E-state index contributed by atoms with van der Waals surface area (Å²) in [5.74, 6) is 1.88. The summed E-state index contributed by atoms with van der Waals surface area (Å²) in [6, 6.07) is 10.5. The molecule has 120 valence electrons. The quantitative estimate of drug-likeness (QED) is 0.430. The largest absolute Gasteiger partial charge is 0.493 e. The second kappa shape index (κ2) is 8.42. The minimum absolute atomic E-state index is 0.167. The second-order valence-electron chi connectivity index (χ2n) is 5.88. The Labute approximate surface area is 141 Å². The molecule has 2 rings (SSSR count). The van der Waals surface area contributed by atoms with Gasteiger partial charge in [-0.1, -0.05) is 33.6 Å². The Morgan fingerprint density at radius 1 is 0.955 bits per heavy atom. The van der Waals surface area contributed by atoms with Crippen LogP contribution in [-0.2, 0) is 0 Å². The fourth-order valence-corrected chi connectivity index (χ4v) is 2.84. The highest BCUT2D eigenvalue weighted by Gasteiger charge is 2.09. The molecule has 0 amide bonds. The van der Waals surface area contributed by atoms with Crippen molar-refractivity contribution in [2.45, 2.75) is 46.1 Å². The van der Waals surface area contributed by atoms with Crippen molar-refractivity contribution >= 4 is 26.7 Å². The van der Waals surface area contributed by atoms with Crippen LogP contribution in [0.1, 0.15) is 38.7 Å². The van der Waals surface area contributed by atoms with Gasteiger partial charge in [0, 0.05) is 16.1 Å². The van der Waals surface area contributed by atoms with Gasteiger partial charge in [0.1, 0.15) is 11.5 Å². The van der Waals surface area contributed by atoms with Crippen molar-refractivity contribution in [2.75, 3.05) is 11.9 Å². The van der Waals surface area contributed by atoms with E-state index < -0.39 is 0 Å². The van der Waals surface area contributed by atoms with Crippen LogP contribution in [0.2, 0.25) is 0 Å². The third-order valence-electron chi connectivity index (χ3n) is 3.49. The maximum atomic E-state index is 6.01. The van der Waals surface area contributed by atoms with Gasteiger partial charge in [-0.15, -0.1) is 0 Å². The standard InChI is InChI=1S/C19H25BrO2/c1-14(2)22-19-10-9-18(21-12-6-4-5-11-20)17-13-15(3)7-8-16(17)19/h7-10,13-14H,4-6,11-12H2,1-3H3. The number of halogens is 1. The van der Waals surface area contributed by atoms with Gasteiger partial charge in [-0.2, -0.15) is 0 Å². The first-order valence-corrected chi connectivity index (χ1v) is 9.12. The Morgan fingerprint density at radius 2 is 1.73 bits per heavy atom. The van der Waals surface area contributed by atoms with Crippen molar-refractivity contribution in [3.05, 3.63) is 35.9 Å². The van der Waals surface area contributed by atoms with E-state index in [1.165, 1.54) is 18.4 Å². The predicted octanol–water partition coefficient (Wildman–Crippen LogP) is 5.88. The van der Waals surface area contributed by atoms with Crippen LogP contribution in [0.3, 0.4) is 0 Å². The summed E-state index contributed by atoms with van der Waals surface area (Å²) >= 11 is 3.46. The van der Waals surface area contributed by atoms with E-state index in [0.717, 1.165) is 40.6 Å². The first kappa shape index (κ1) is 17.1. The zero-order valence-electron chi connectivity index (χ0n) is 13.7. The minimum Gasteiger partial charge on any atom is -0.493 e. The predicted molar refractivity (Wildman–Crippen MR) is 97.6 cm³/mol. The summed E-state index contributed by atoms with van der Waals surface area (Å²) in [6.07, 6.45) is 3.64. The lowest BCUT2D eigenvalue weighted by Crippen LogP contribution is -2.06. The van der Waals surface area contributed by atoms with E-state index in [9.17, 15) is 0 Å². The van der Waals surface area contributed by atoms with Crippen LogP contribution in [-0.4, -0.2) is 18.0 Å². The van der Waals surface area contributed by atoms with E-state index >= 15 is 0 Å². The van der Waals surface area contributed by atoms with E-state index in [1.807, 2.05) is 26.0 Å². The number of ether oxygens (including phenoxy) is 2. The molecular formula is C19H25BrO2. The maximum absolute atomic E-state index is 6.01. The zero-order valence-corrected chi connectivity index (χ0v) is 15.3. The molecule has 0 fully saturated rings. The highest BCUT2D eigenvalue weighted by molar-refractivity contribution is 9.09. The fourth-order valence-electron chi connectivity index (χ4n) is 2.45. The molecule has 0 aromatic heterocycles.